The highest BCUT2D eigenvalue weighted by molar-refractivity contribution is 6.24. The highest BCUT2D eigenvalue weighted by atomic mass is 19.4. The highest BCUT2D eigenvalue weighted by Crippen LogP contribution is 2.60. The van der Waals surface area contributed by atoms with E-state index >= 15 is 8.78 Å². The number of allylic oxidation sites excluding steroid dienone is 5. The molecule has 5 rings (SSSR count). The van der Waals surface area contributed by atoms with Gasteiger partial charge in [-0.15, -0.1) is 0 Å². The Hall–Kier alpha value is -6.74. The van der Waals surface area contributed by atoms with E-state index in [9.17, 15) is 42.1 Å². The van der Waals surface area contributed by atoms with Gasteiger partial charge < -0.3 is 0 Å². The molecule has 2 aliphatic carbocycles. The van der Waals surface area contributed by atoms with E-state index in [2.05, 4.69) is 14.5 Å². The summed E-state index contributed by atoms with van der Waals surface area (Å²) in [6, 6.07) is 9.69. The molecule has 0 saturated carbocycles. The van der Waals surface area contributed by atoms with E-state index in [0.29, 0.717) is 11.1 Å². The summed E-state index contributed by atoms with van der Waals surface area (Å²) in [7, 11) is 0. The summed E-state index contributed by atoms with van der Waals surface area (Å²) in [5.41, 5.74) is -10.7. The van der Waals surface area contributed by atoms with Crippen LogP contribution in [0.2, 0.25) is 0 Å². The molecule has 0 bridgehead atoms. The molecule has 0 saturated heterocycles. The van der Waals surface area contributed by atoms with Gasteiger partial charge in [0, 0.05) is 28.2 Å². The maximum atomic E-state index is 17.2. The van der Waals surface area contributed by atoms with Crippen molar-refractivity contribution in [3.63, 3.8) is 0 Å². The summed E-state index contributed by atoms with van der Waals surface area (Å²) in [4.78, 5) is 9.54. The summed E-state index contributed by atoms with van der Waals surface area (Å²) >= 11 is 0. The van der Waals surface area contributed by atoms with Crippen LogP contribution in [-0.2, 0) is 12.4 Å². The lowest BCUT2D eigenvalue weighted by Gasteiger charge is -2.21. The van der Waals surface area contributed by atoms with E-state index in [1.807, 2.05) is 0 Å². The molecule has 2 aliphatic rings. The van der Waals surface area contributed by atoms with E-state index in [1.165, 1.54) is 18.2 Å². The molecule has 14 heteroatoms. The summed E-state index contributed by atoms with van der Waals surface area (Å²) < 4.78 is 118. The third-order valence-electron chi connectivity index (χ3n) is 8.27. The lowest BCUT2D eigenvalue weighted by atomic mass is 9.82. The normalized spacial score (nSPS) is 18.5. The van der Waals surface area contributed by atoms with E-state index < -0.39 is 103 Å². The number of rotatable bonds is 2. The number of nitriles is 3. The zero-order chi connectivity index (χ0) is 37.0. The van der Waals surface area contributed by atoms with Crippen LogP contribution < -0.4 is 0 Å². The highest BCUT2D eigenvalue weighted by Gasteiger charge is 2.49. The van der Waals surface area contributed by atoms with Crippen molar-refractivity contribution in [2.75, 3.05) is 0 Å². The Morgan fingerprint density at radius 1 is 0.720 bits per heavy atom. The fraction of sp³-hybridized carbons (Fsp3) is 0.167. The van der Waals surface area contributed by atoms with Crippen LogP contribution in [-0.4, -0.2) is 0 Å². The fourth-order valence-corrected chi connectivity index (χ4v) is 6.53. The third-order valence-corrected chi connectivity index (χ3v) is 8.27. The van der Waals surface area contributed by atoms with E-state index in [1.54, 1.807) is 32.1 Å². The molecule has 0 N–H and O–H groups in total. The first kappa shape index (κ1) is 34.6. The number of nitrogens with zero attached hydrogens (tertiary/aromatic N) is 6. The van der Waals surface area contributed by atoms with E-state index in [-0.39, 0.29) is 29.3 Å². The predicted molar refractivity (Wildman–Crippen MR) is 162 cm³/mol. The van der Waals surface area contributed by atoms with Crippen molar-refractivity contribution in [1.29, 1.82) is 15.8 Å². The van der Waals surface area contributed by atoms with Gasteiger partial charge in [0.2, 0.25) is 5.70 Å². The molecular weight excluding hydrogens is 668 g/mol. The first-order chi connectivity index (χ1) is 23.5. The second-order valence-electron chi connectivity index (χ2n) is 11.2. The number of fused-ring (bicyclic) bond motifs is 2. The lowest BCUT2D eigenvalue weighted by molar-refractivity contribution is -0.143. The van der Waals surface area contributed by atoms with Crippen LogP contribution in [0.5, 0.6) is 0 Å². The minimum atomic E-state index is -5.37. The number of hydrogen-bond acceptors (Lipinski definition) is 3. The Morgan fingerprint density at radius 2 is 1.26 bits per heavy atom. The molecular formula is C36H14F8N6. The van der Waals surface area contributed by atoms with Crippen LogP contribution in [0, 0.1) is 79.2 Å². The number of benzene rings is 3. The molecule has 50 heavy (non-hydrogen) atoms. The number of alkyl halides is 6. The first-order valence-electron chi connectivity index (χ1n) is 14.0. The Morgan fingerprint density at radius 3 is 1.70 bits per heavy atom. The molecule has 0 heterocycles. The standard InChI is InChI=1S/C36H14F8N6/c1-15-6-16(2)8-17(7-15)25-28(23(14-47)49-4)30-31(34(25)50-5)33(38)29-26(32(30)37)21(12-45)24(27(29)22(13-46)48-3)18-9-19(35(39,40)41)11-20(10-18)36(42,43)44/h6-11,21,24H,1-2H3/b27-22-,28-23+. The molecule has 2 atom stereocenters. The summed E-state index contributed by atoms with van der Waals surface area (Å²) in [5, 5.41) is 30.1. The van der Waals surface area contributed by atoms with Crippen molar-refractivity contribution in [1.82, 2.24) is 0 Å². The quantitative estimate of drug-likeness (QED) is 0.153. The molecule has 0 aromatic heterocycles. The monoisotopic (exact) mass is 682 g/mol. The van der Waals surface area contributed by atoms with Gasteiger partial charge in [-0.25, -0.2) is 33.8 Å². The summed E-state index contributed by atoms with van der Waals surface area (Å²) in [6.07, 6.45) is -10.7. The molecule has 0 fully saturated rings. The van der Waals surface area contributed by atoms with E-state index in [0.717, 1.165) is 0 Å². The minimum Gasteiger partial charge on any atom is -0.237 e. The van der Waals surface area contributed by atoms with Crippen LogP contribution in [0.15, 0.2) is 47.8 Å². The molecule has 3 aromatic carbocycles. The predicted octanol–water partition coefficient (Wildman–Crippen LogP) is 10.1. The fourth-order valence-electron chi connectivity index (χ4n) is 6.53. The number of hydrogen-bond donors (Lipinski definition) is 0. The van der Waals surface area contributed by atoms with Crippen molar-refractivity contribution in [3.8, 4) is 18.2 Å². The van der Waals surface area contributed by atoms with Gasteiger partial charge in [0.15, 0.2) is 0 Å². The molecule has 0 spiro atoms. The maximum Gasteiger partial charge on any atom is 0.416 e. The van der Waals surface area contributed by atoms with Crippen LogP contribution >= 0.6 is 0 Å². The Kier molecular flexibility index (Phi) is 8.34. The van der Waals surface area contributed by atoms with Crippen molar-refractivity contribution < 1.29 is 35.1 Å². The average Bonchev–Trinajstić information content (AvgIpc) is 3.58. The lowest BCUT2D eigenvalue weighted by Crippen LogP contribution is -2.14. The second kappa shape index (κ2) is 12.1. The molecule has 6 nitrogen and oxygen atoms in total. The smallest absolute Gasteiger partial charge is 0.237 e. The van der Waals surface area contributed by atoms with Gasteiger partial charge in [-0.1, -0.05) is 29.3 Å². The maximum absolute atomic E-state index is 17.2. The summed E-state index contributed by atoms with van der Waals surface area (Å²) in [5.74, 6) is -7.29. The van der Waals surface area contributed by atoms with Crippen LogP contribution in [0.4, 0.5) is 35.1 Å². The molecule has 244 valence electrons. The molecule has 0 radical (unpaired) electrons. The van der Waals surface area contributed by atoms with Gasteiger partial charge in [-0.05, 0) is 59.9 Å². The minimum absolute atomic E-state index is 0.183. The largest absolute Gasteiger partial charge is 0.416 e. The van der Waals surface area contributed by atoms with Crippen LogP contribution in [0.3, 0.4) is 0 Å². The Bertz CT molecular complexity index is 2340. The molecule has 0 amide bonds. The van der Waals surface area contributed by atoms with Crippen molar-refractivity contribution >= 4 is 22.4 Å². The van der Waals surface area contributed by atoms with Gasteiger partial charge in [0.25, 0.3) is 11.4 Å². The molecule has 0 aliphatic heterocycles. The van der Waals surface area contributed by atoms with Crippen LogP contribution in [0.1, 0.15) is 67.5 Å². The van der Waals surface area contributed by atoms with Crippen molar-refractivity contribution in [2.45, 2.75) is 38.0 Å². The third kappa shape index (κ3) is 5.21. The molecule has 2 unspecified atom stereocenters. The Labute approximate surface area is 278 Å². The summed E-state index contributed by atoms with van der Waals surface area (Å²) in [6.45, 7) is 26.5. The zero-order valence-electron chi connectivity index (χ0n) is 25.3. The molecule has 3 aromatic rings. The van der Waals surface area contributed by atoms with Gasteiger partial charge in [0.05, 0.1) is 55.0 Å². The van der Waals surface area contributed by atoms with Crippen molar-refractivity contribution in [3.05, 3.63) is 149 Å². The van der Waals surface area contributed by atoms with Gasteiger partial charge in [-0.2, -0.15) is 31.6 Å². The van der Waals surface area contributed by atoms with E-state index in [4.69, 9.17) is 19.7 Å². The zero-order valence-corrected chi connectivity index (χ0v) is 25.3. The van der Waals surface area contributed by atoms with Gasteiger partial charge in [0.1, 0.15) is 11.6 Å². The Balaban J connectivity index is 2.01. The van der Waals surface area contributed by atoms with Crippen molar-refractivity contribution in [2.24, 2.45) is 0 Å². The first-order valence-corrected chi connectivity index (χ1v) is 14.0. The topological polar surface area (TPSA) is 84.4 Å². The SMILES string of the molecule is [C-]#[N+]C1=C(c2cc(C)cc(C)c2)/C(=C(/C#N)[N+]#[C-])c2c(F)c3c(c(F)c21)/C(=C(/C#N)[N+]#[C-])C(c1cc(C(F)(F)F)cc(C(F)(F)F)c1)C3C#N. The average molecular weight is 683 g/mol. The van der Waals surface area contributed by atoms with Gasteiger partial charge >= 0.3 is 12.4 Å². The van der Waals surface area contributed by atoms with Crippen LogP contribution in [0.25, 0.3) is 37.0 Å². The number of aryl methyl sites for hydroxylation is 2. The second-order valence-corrected chi connectivity index (χ2v) is 11.2. The van der Waals surface area contributed by atoms with Gasteiger partial charge in [-0.3, -0.25) is 0 Å². The number of halogens is 8.